The van der Waals surface area contributed by atoms with E-state index < -0.39 is 5.97 Å². The van der Waals surface area contributed by atoms with Gasteiger partial charge in [0.25, 0.3) is 0 Å². The van der Waals surface area contributed by atoms with Crippen molar-refractivity contribution in [2.45, 2.75) is 13.0 Å². The Morgan fingerprint density at radius 2 is 1.67 bits per heavy atom. The molecular formula is C20H19NO2S. The van der Waals surface area contributed by atoms with Crippen LogP contribution in [0.4, 0.5) is 0 Å². The SMILES string of the molecule is O=C(O)c1ccc(-c2ccc(CNCCc3ccccc3)cc2)s1. The molecule has 0 spiro atoms. The average molecular weight is 337 g/mol. The number of carboxylic acid groups (broad SMARTS) is 1. The maximum Gasteiger partial charge on any atom is 0.345 e. The van der Waals surface area contributed by atoms with Crippen LogP contribution in [0.3, 0.4) is 0 Å². The van der Waals surface area contributed by atoms with Gasteiger partial charge < -0.3 is 10.4 Å². The number of nitrogens with one attached hydrogen (secondary N) is 1. The highest BCUT2D eigenvalue weighted by Gasteiger charge is 2.08. The van der Waals surface area contributed by atoms with Crippen molar-refractivity contribution in [2.75, 3.05) is 6.54 Å². The molecule has 3 nitrogen and oxygen atoms in total. The Morgan fingerprint density at radius 3 is 2.33 bits per heavy atom. The van der Waals surface area contributed by atoms with E-state index in [0.29, 0.717) is 4.88 Å². The summed E-state index contributed by atoms with van der Waals surface area (Å²) in [5.74, 6) is -0.870. The summed E-state index contributed by atoms with van der Waals surface area (Å²) in [6.07, 6.45) is 1.02. The van der Waals surface area contributed by atoms with E-state index in [1.54, 1.807) is 6.07 Å². The van der Waals surface area contributed by atoms with E-state index in [0.717, 1.165) is 30.0 Å². The zero-order valence-corrected chi connectivity index (χ0v) is 14.1. The van der Waals surface area contributed by atoms with Gasteiger partial charge in [0.15, 0.2) is 0 Å². The molecule has 2 aromatic carbocycles. The summed E-state index contributed by atoms with van der Waals surface area (Å²) in [5.41, 5.74) is 3.62. The molecule has 0 atom stereocenters. The highest BCUT2D eigenvalue weighted by molar-refractivity contribution is 7.17. The number of hydrogen-bond donors (Lipinski definition) is 2. The van der Waals surface area contributed by atoms with Gasteiger partial charge in [-0.3, -0.25) is 0 Å². The van der Waals surface area contributed by atoms with Gasteiger partial charge in [0.2, 0.25) is 0 Å². The first-order valence-corrected chi connectivity index (χ1v) is 8.71. The van der Waals surface area contributed by atoms with Crippen molar-refractivity contribution < 1.29 is 9.90 Å². The lowest BCUT2D eigenvalue weighted by Crippen LogP contribution is -2.16. The second-order valence-corrected chi connectivity index (χ2v) is 6.66. The normalized spacial score (nSPS) is 10.7. The topological polar surface area (TPSA) is 49.3 Å². The van der Waals surface area contributed by atoms with E-state index in [1.165, 1.54) is 22.5 Å². The van der Waals surface area contributed by atoms with Gasteiger partial charge in [0, 0.05) is 11.4 Å². The molecule has 0 fully saturated rings. The molecule has 0 saturated heterocycles. The van der Waals surface area contributed by atoms with E-state index in [4.69, 9.17) is 5.11 Å². The van der Waals surface area contributed by atoms with Crippen molar-refractivity contribution in [3.8, 4) is 10.4 Å². The molecule has 0 unspecified atom stereocenters. The highest BCUT2D eigenvalue weighted by atomic mass is 32.1. The summed E-state index contributed by atoms with van der Waals surface area (Å²) < 4.78 is 0. The lowest BCUT2D eigenvalue weighted by atomic mass is 10.1. The van der Waals surface area contributed by atoms with Crippen LogP contribution in [0.25, 0.3) is 10.4 Å². The lowest BCUT2D eigenvalue weighted by molar-refractivity contribution is 0.0702. The molecular weight excluding hydrogens is 318 g/mol. The molecule has 1 aromatic heterocycles. The molecule has 0 radical (unpaired) electrons. The van der Waals surface area contributed by atoms with E-state index >= 15 is 0 Å². The van der Waals surface area contributed by atoms with Crippen molar-refractivity contribution >= 4 is 17.3 Å². The monoisotopic (exact) mass is 337 g/mol. The fourth-order valence-electron chi connectivity index (χ4n) is 2.50. The minimum Gasteiger partial charge on any atom is -0.477 e. The van der Waals surface area contributed by atoms with Crippen LogP contribution in [0.5, 0.6) is 0 Å². The third kappa shape index (κ3) is 4.31. The van der Waals surface area contributed by atoms with Crippen molar-refractivity contribution in [1.82, 2.24) is 5.32 Å². The lowest BCUT2D eigenvalue weighted by Gasteiger charge is -2.06. The number of hydrogen-bond acceptors (Lipinski definition) is 3. The zero-order valence-electron chi connectivity index (χ0n) is 13.2. The Hall–Kier alpha value is -2.43. The Balaban J connectivity index is 1.51. The average Bonchev–Trinajstić information content (AvgIpc) is 3.11. The van der Waals surface area contributed by atoms with Crippen molar-refractivity contribution in [1.29, 1.82) is 0 Å². The summed E-state index contributed by atoms with van der Waals surface area (Å²) >= 11 is 1.30. The summed E-state index contributed by atoms with van der Waals surface area (Å²) in [6.45, 7) is 1.77. The Labute approximate surface area is 145 Å². The summed E-state index contributed by atoms with van der Waals surface area (Å²) in [5, 5.41) is 12.4. The van der Waals surface area contributed by atoms with Crippen LogP contribution < -0.4 is 5.32 Å². The Kier molecular flexibility index (Phi) is 5.41. The molecule has 0 bridgehead atoms. The molecule has 3 aromatic rings. The van der Waals surface area contributed by atoms with Gasteiger partial charge in [0.05, 0.1) is 0 Å². The first-order valence-electron chi connectivity index (χ1n) is 7.89. The first-order chi connectivity index (χ1) is 11.7. The summed E-state index contributed by atoms with van der Waals surface area (Å²) in [7, 11) is 0. The van der Waals surface area contributed by atoms with E-state index in [1.807, 2.05) is 24.3 Å². The predicted octanol–water partition coefficient (Wildman–Crippen LogP) is 4.45. The van der Waals surface area contributed by atoms with Crippen LogP contribution in [0.15, 0.2) is 66.7 Å². The predicted molar refractivity (Wildman–Crippen MR) is 98.6 cm³/mol. The van der Waals surface area contributed by atoms with Gasteiger partial charge in [-0.1, -0.05) is 54.6 Å². The third-order valence-corrected chi connectivity index (χ3v) is 4.94. The molecule has 4 heteroatoms. The fourth-order valence-corrected chi connectivity index (χ4v) is 3.36. The zero-order chi connectivity index (χ0) is 16.8. The van der Waals surface area contributed by atoms with Crippen LogP contribution >= 0.6 is 11.3 Å². The number of aromatic carboxylic acids is 1. The molecule has 122 valence electrons. The number of rotatable bonds is 7. The van der Waals surface area contributed by atoms with Gasteiger partial charge >= 0.3 is 5.97 Å². The van der Waals surface area contributed by atoms with E-state index in [-0.39, 0.29) is 0 Å². The molecule has 24 heavy (non-hydrogen) atoms. The van der Waals surface area contributed by atoms with E-state index in [9.17, 15) is 4.79 Å². The van der Waals surface area contributed by atoms with Crippen LogP contribution in [0.1, 0.15) is 20.8 Å². The van der Waals surface area contributed by atoms with Crippen LogP contribution in [0, 0.1) is 0 Å². The largest absolute Gasteiger partial charge is 0.477 e. The molecule has 2 N–H and O–H groups in total. The summed E-state index contributed by atoms with van der Waals surface area (Å²) in [6, 6.07) is 22.2. The number of benzene rings is 2. The highest BCUT2D eigenvalue weighted by Crippen LogP contribution is 2.28. The van der Waals surface area contributed by atoms with Crippen molar-refractivity contribution in [3.05, 3.63) is 82.7 Å². The minimum atomic E-state index is -0.870. The van der Waals surface area contributed by atoms with Gasteiger partial charge in [-0.2, -0.15) is 0 Å². The Bertz CT molecular complexity index is 794. The van der Waals surface area contributed by atoms with Gasteiger partial charge in [-0.05, 0) is 41.8 Å². The number of carbonyl (C=O) groups is 1. The Morgan fingerprint density at radius 1 is 0.917 bits per heavy atom. The van der Waals surface area contributed by atoms with Crippen LogP contribution in [-0.2, 0) is 13.0 Å². The minimum absolute atomic E-state index is 0.372. The summed E-state index contributed by atoms with van der Waals surface area (Å²) in [4.78, 5) is 12.3. The smallest absolute Gasteiger partial charge is 0.345 e. The fraction of sp³-hybridized carbons (Fsp3) is 0.150. The molecule has 0 aliphatic rings. The molecule has 3 rings (SSSR count). The number of carboxylic acids is 1. The number of thiophene rings is 1. The molecule has 1 heterocycles. The second kappa shape index (κ2) is 7.90. The molecule has 0 aliphatic carbocycles. The van der Waals surface area contributed by atoms with Crippen molar-refractivity contribution in [3.63, 3.8) is 0 Å². The first kappa shape index (κ1) is 16.4. The van der Waals surface area contributed by atoms with Gasteiger partial charge in [-0.25, -0.2) is 4.79 Å². The van der Waals surface area contributed by atoms with Crippen molar-refractivity contribution in [2.24, 2.45) is 0 Å². The van der Waals surface area contributed by atoms with Gasteiger partial charge in [-0.15, -0.1) is 11.3 Å². The third-order valence-electron chi connectivity index (χ3n) is 3.82. The van der Waals surface area contributed by atoms with Crippen LogP contribution in [-0.4, -0.2) is 17.6 Å². The molecule has 0 saturated carbocycles. The van der Waals surface area contributed by atoms with Crippen LogP contribution in [0.2, 0.25) is 0 Å². The van der Waals surface area contributed by atoms with Gasteiger partial charge in [0.1, 0.15) is 4.88 Å². The quantitative estimate of drug-likeness (QED) is 0.626. The second-order valence-electron chi connectivity index (χ2n) is 5.58. The van der Waals surface area contributed by atoms with E-state index in [2.05, 4.69) is 41.7 Å². The molecule has 0 aliphatic heterocycles. The maximum atomic E-state index is 11.0. The molecule has 0 amide bonds. The standard InChI is InChI=1S/C20H19NO2S/c22-20(23)19-11-10-18(24-19)17-8-6-16(7-9-17)14-21-13-12-15-4-2-1-3-5-15/h1-11,21H,12-14H2,(H,22,23). The maximum absolute atomic E-state index is 11.0.